The van der Waals surface area contributed by atoms with Gasteiger partial charge in [0.1, 0.15) is 0 Å². The van der Waals surface area contributed by atoms with Crippen LogP contribution >= 0.6 is 0 Å². The van der Waals surface area contributed by atoms with E-state index in [1.165, 1.54) is 25.9 Å². The minimum atomic E-state index is 0.435. The van der Waals surface area contributed by atoms with Gasteiger partial charge in [0, 0.05) is 6.61 Å². The van der Waals surface area contributed by atoms with Gasteiger partial charge in [-0.25, -0.2) is 0 Å². The van der Waals surface area contributed by atoms with Crippen LogP contribution in [-0.2, 0) is 0 Å². The third-order valence-electron chi connectivity index (χ3n) is 4.49. The average molecular weight is 167 g/mol. The van der Waals surface area contributed by atoms with Gasteiger partial charge in [-0.1, -0.05) is 0 Å². The molecule has 1 aliphatic heterocycles. The van der Waals surface area contributed by atoms with E-state index in [9.17, 15) is 5.11 Å². The summed E-state index contributed by atoms with van der Waals surface area (Å²) < 4.78 is 0. The van der Waals surface area contributed by atoms with E-state index in [2.05, 4.69) is 5.32 Å². The number of aliphatic hydroxyl groups is 1. The molecule has 3 fully saturated rings. The molecule has 2 bridgehead atoms. The Labute approximate surface area is 73.4 Å². The molecule has 0 aromatic heterocycles. The van der Waals surface area contributed by atoms with E-state index in [4.69, 9.17) is 0 Å². The number of aliphatic hydroxyl groups excluding tert-OH is 1. The Morgan fingerprint density at radius 3 is 2.75 bits per heavy atom. The zero-order valence-corrected chi connectivity index (χ0v) is 7.37. The standard InChI is InChI=1S/C10H17NO/c12-5-7-1-6-2-8(7)10-4-11-3-9(6)10/h6-12H,1-5H2. The lowest BCUT2D eigenvalue weighted by Crippen LogP contribution is -2.28. The molecule has 2 N–H and O–H groups in total. The van der Waals surface area contributed by atoms with E-state index < -0.39 is 0 Å². The normalized spacial score (nSPS) is 56.2. The Hall–Kier alpha value is -0.0800. The highest BCUT2D eigenvalue weighted by atomic mass is 16.3. The smallest absolute Gasteiger partial charge is 0.0462 e. The van der Waals surface area contributed by atoms with Gasteiger partial charge in [0.25, 0.3) is 0 Å². The van der Waals surface area contributed by atoms with Crippen LogP contribution in [0.1, 0.15) is 12.8 Å². The molecule has 0 radical (unpaired) electrons. The fourth-order valence-electron chi connectivity index (χ4n) is 3.99. The lowest BCUT2D eigenvalue weighted by molar-refractivity contribution is 0.128. The number of rotatable bonds is 1. The predicted molar refractivity (Wildman–Crippen MR) is 46.6 cm³/mol. The van der Waals surface area contributed by atoms with Crippen LogP contribution in [0.4, 0.5) is 0 Å². The number of hydrogen-bond donors (Lipinski definition) is 2. The molecule has 0 aromatic carbocycles. The minimum Gasteiger partial charge on any atom is -0.396 e. The Bertz CT molecular complexity index is 192. The molecule has 0 spiro atoms. The molecule has 3 rings (SSSR count). The molecule has 2 saturated carbocycles. The zero-order chi connectivity index (χ0) is 8.13. The first-order valence-electron chi connectivity index (χ1n) is 5.21. The lowest BCUT2D eigenvalue weighted by atomic mass is 9.76. The maximum atomic E-state index is 9.19. The summed E-state index contributed by atoms with van der Waals surface area (Å²) in [6.45, 7) is 2.91. The quantitative estimate of drug-likeness (QED) is 0.595. The van der Waals surface area contributed by atoms with Gasteiger partial charge in [-0.3, -0.25) is 0 Å². The lowest BCUT2D eigenvalue weighted by Gasteiger charge is -2.29. The van der Waals surface area contributed by atoms with E-state index in [0.717, 1.165) is 23.7 Å². The van der Waals surface area contributed by atoms with Crippen molar-refractivity contribution in [3.05, 3.63) is 0 Å². The van der Waals surface area contributed by atoms with E-state index in [1.807, 2.05) is 0 Å². The first-order chi connectivity index (χ1) is 5.90. The number of hydrogen-bond acceptors (Lipinski definition) is 2. The van der Waals surface area contributed by atoms with Gasteiger partial charge in [-0.2, -0.15) is 0 Å². The molecule has 3 aliphatic rings. The molecule has 1 saturated heterocycles. The van der Waals surface area contributed by atoms with Crippen molar-refractivity contribution in [2.24, 2.45) is 29.6 Å². The third kappa shape index (κ3) is 0.775. The van der Waals surface area contributed by atoms with Crippen molar-refractivity contribution in [1.82, 2.24) is 5.32 Å². The maximum absolute atomic E-state index is 9.19. The molecule has 0 amide bonds. The molecule has 2 aliphatic carbocycles. The summed E-state index contributed by atoms with van der Waals surface area (Å²) in [6, 6.07) is 0. The summed E-state index contributed by atoms with van der Waals surface area (Å²) in [7, 11) is 0. The Morgan fingerprint density at radius 2 is 1.92 bits per heavy atom. The maximum Gasteiger partial charge on any atom is 0.0462 e. The van der Waals surface area contributed by atoms with Gasteiger partial charge in [-0.05, 0) is 55.5 Å². The first kappa shape index (κ1) is 7.34. The van der Waals surface area contributed by atoms with Gasteiger partial charge < -0.3 is 10.4 Å². The van der Waals surface area contributed by atoms with Crippen LogP contribution in [0.2, 0.25) is 0 Å². The van der Waals surface area contributed by atoms with Gasteiger partial charge in [0.15, 0.2) is 0 Å². The molecule has 2 heteroatoms. The van der Waals surface area contributed by atoms with Crippen LogP contribution in [0.3, 0.4) is 0 Å². The Kier molecular flexibility index (Phi) is 1.50. The molecule has 2 nitrogen and oxygen atoms in total. The topological polar surface area (TPSA) is 32.3 Å². The SMILES string of the molecule is OCC1CC2CC1C1CNCC21. The van der Waals surface area contributed by atoms with Crippen LogP contribution in [0, 0.1) is 29.6 Å². The summed E-state index contributed by atoms with van der Waals surface area (Å²) in [5.74, 6) is 4.35. The highest BCUT2D eigenvalue weighted by Gasteiger charge is 2.53. The van der Waals surface area contributed by atoms with Crippen LogP contribution in [0.25, 0.3) is 0 Å². The molecule has 12 heavy (non-hydrogen) atoms. The van der Waals surface area contributed by atoms with Gasteiger partial charge >= 0.3 is 0 Å². The fraction of sp³-hybridized carbons (Fsp3) is 1.00. The summed E-state index contributed by atoms with van der Waals surface area (Å²) >= 11 is 0. The highest BCUT2D eigenvalue weighted by Crippen LogP contribution is 2.56. The second-order valence-electron chi connectivity index (χ2n) is 4.82. The summed E-state index contributed by atoms with van der Waals surface area (Å²) in [6.07, 6.45) is 2.73. The largest absolute Gasteiger partial charge is 0.396 e. The molecule has 5 atom stereocenters. The van der Waals surface area contributed by atoms with Crippen molar-refractivity contribution in [3.63, 3.8) is 0 Å². The molecule has 0 aromatic rings. The van der Waals surface area contributed by atoms with Gasteiger partial charge in [0.05, 0.1) is 0 Å². The summed E-state index contributed by atoms with van der Waals surface area (Å²) in [5, 5.41) is 12.7. The van der Waals surface area contributed by atoms with Crippen LogP contribution < -0.4 is 5.32 Å². The summed E-state index contributed by atoms with van der Waals surface area (Å²) in [4.78, 5) is 0. The van der Waals surface area contributed by atoms with E-state index >= 15 is 0 Å². The molecule has 68 valence electrons. The van der Waals surface area contributed by atoms with Crippen molar-refractivity contribution in [2.75, 3.05) is 19.7 Å². The zero-order valence-electron chi connectivity index (χ0n) is 7.37. The van der Waals surface area contributed by atoms with Crippen molar-refractivity contribution >= 4 is 0 Å². The van der Waals surface area contributed by atoms with Crippen molar-refractivity contribution in [2.45, 2.75) is 12.8 Å². The highest BCUT2D eigenvalue weighted by molar-refractivity contribution is 5.04. The predicted octanol–water partition coefficient (Wildman–Crippen LogP) is 0.470. The van der Waals surface area contributed by atoms with Crippen molar-refractivity contribution < 1.29 is 5.11 Å². The number of fused-ring (bicyclic) bond motifs is 5. The molecular formula is C10H17NO. The van der Waals surface area contributed by atoms with Crippen molar-refractivity contribution in [3.8, 4) is 0 Å². The van der Waals surface area contributed by atoms with Gasteiger partial charge in [-0.15, -0.1) is 0 Å². The molecular weight excluding hydrogens is 150 g/mol. The second-order valence-corrected chi connectivity index (χ2v) is 4.82. The van der Waals surface area contributed by atoms with Crippen molar-refractivity contribution in [1.29, 1.82) is 0 Å². The van der Waals surface area contributed by atoms with E-state index in [0.29, 0.717) is 12.5 Å². The Balaban J connectivity index is 1.83. The second kappa shape index (κ2) is 2.46. The molecule has 5 unspecified atom stereocenters. The molecule has 1 heterocycles. The average Bonchev–Trinajstić information content (AvgIpc) is 2.75. The number of nitrogens with one attached hydrogen (secondary N) is 1. The minimum absolute atomic E-state index is 0.435. The van der Waals surface area contributed by atoms with E-state index in [-0.39, 0.29) is 0 Å². The first-order valence-corrected chi connectivity index (χ1v) is 5.21. The summed E-state index contributed by atoms with van der Waals surface area (Å²) in [5.41, 5.74) is 0. The Morgan fingerprint density at radius 1 is 1.08 bits per heavy atom. The fourth-order valence-corrected chi connectivity index (χ4v) is 3.99. The van der Waals surface area contributed by atoms with Crippen LogP contribution in [0.15, 0.2) is 0 Å². The van der Waals surface area contributed by atoms with Crippen LogP contribution in [0.5, 0.6) is 0 Å². The van der Waals surface area contributed by atoms with Crippen LogP contribution in [-0.4, -0.2) is 24.8 Å². The monoisotopic (exact) mass is 167 g/mol. The third-order valence-corrected chi connectivity index (χ3v) is 4.49. The van der Waals surface area contributed by atoms with Gasteiger partial charge in [0.2, 0.25) is 0 Å². The van der Waals surface area contributed by atoms with E-state index in [1.54, 1.807) is 0 Å².